The van der Waals surface area contributed by atoms with Gasteiger partial charge >= 0.3 is 0 Å². The van der Waals surface area contributed by atoms with Crippen LogP contribution in [0.4, 0.5) is 11.4 Å². The molecule has 1 atom stereocenters. The van der Waals surface area contributed by atoms with Crippen LogP contribution >= 0.6 is 12.4 Å². The first-order valence-corrected chi connectivity index (χ1v) is 7.25. The maximum Gasteiger partial charge on any atom is 0.241 e. The fourth-order valence-corrected chi connectivity index (χ4v) is 1.88. The Balaban J connectivity index is 0.00000242. The van der Waals surface area contributed by atoms with Crippen LogP contribution < -0.4 is 16.4 Å². The first kappa shape index (κ1) is 18.5. The molecule has 5 nitrogen and oxygen atoms in total. The van der Waals surface area contributed by atoms with Crippen LogP contribution in [0.1, 0.15) is 33.6 Å². The Labute approximate surface area is 137 Å². The Kier molecular flexibility index (Phi) is 5.97. The van der Waals surface area contributed by atoms with Crippen LogP contribution in [0, 0.1) is 11.3 Å². The lowest BCUT2D eigenvalue weighted by Gasteiger charge is -2.25. The van der Waals surface area contributed by atoms with E-state index in [9.17, 15) is 9.59 Å². The van der Waals surface area contributed by atoms with Gasteiger partial charge in [-0.2, -0.15) is 0 Å². The summed E-state index contributed by atoms with van der Waals surface area (Å²) in [4.78, 5) is 23.8. The van der Waals surface area contributed by atoms with E-state index in [4.69, 9.17) is 5.73 Å². The first-order valence-electron chi connectivity index (χ1n) is 7.25. The highest BCUT2D eigenvalue weighted by atomic mass is 35.5. The van der Waals surface area contributed by atoms with Crippen molar-refractivity contribution in [1.82, 2.24) is 0 Å². The fraction of sp³-hybridized carbons (Fsp3) is 0.500. The van der Waals surface area contributed by atoms with E-state index < -0.39 is 6.04 Å². The second-order valence-corrected chi connectivity index (χ2v) is 6.68. The van der Waals surface area contributed by atoms with Crippen molar-refractivity contribution in [2.75, 3.05) is 10.6 Å². The number of anilines is 2. The van der Waals surface area contributed by atoms with Crippen LogP contribution in [0.2, 0.25) is 0 Å². The molecule has 1 saturated carbocycles. The molecule has 2 amide bonds. The normalized spacial score (nSPS) is 15.5. The van der Waals surface area contributed by atoms with Crippen molar-refractivity contribution in [2.24, 2.45) is 17.1 Å². The molecule has 122 valence electrons. The maximum atomic E-state index is 12.1. The molecule has 6 heteroatoms. The lowest BCUT2D eigenvalue weighted by molar-refractivity contribution is -0.119. The average Bonchev–Trinajstić information content (AvgIpc) is 3.21. The molecule has 0 aliphatic heterocycles. The molecule has 0 heterocycles. The minimum atomic E-state index is -0.595. The first-order chi connectivity index (χ1) is 9.77. The number of rotatable bonds is 4. The predicted molar refractivity (Wildman–Crippen MR) is 91.1 cm³/mol. The van der Waals surface area contributed by atoms with Crippen LogP contribution in [0.5, 0.6) is 0 Å². The Morgan fingerprint density at radius 2 is 1.73 bits per heavy atom. The second kappa shape index (κ2) is 7.11. The van der Waals surface area contributed by atoms with Gasteiger partial charge in [-0.1, -0.05) is 26.8 Å². The maximum absolute atomic E-state index is 12.1. The lowest BCUT2D eigenvalue weighted by atomic mass is 9.87. The number of halogens is 1. The van der Waals surface area contributed by atoms with Gasteiger partial charge in [-0.05, 0) is 36.5 Å². The SMILES string of the molecule is CC(C)(C)[C@H](N)C(=O)Nc1cccc(NC(=O)C2CC2)c1.Cl. The largest absolute Gasteiger partial charge is 0.326 e. The van der Waals surface area contributed by atoms with Crippen LogP contribution in [-0.2, 0) is 9.59 Å². The van der Waals surface area contributed by atoms with Gasteiger partial charge < -0.3 is 16.4 Å². The van der Waals surface area contributed by atoms with Crippen molar-refractivity contribution >= 4 is 35.6 Å². The molecule has 0 aromatic heterocycles. The van der Waals surface area contributed by atoms with Gasteiger partial charge in [-0.3, -0.25) is 9.59 Å². The van der Waals surface area contributed by atoms with Gasteiger partial charge in [0.05, 0.1) is 6.04 Å². The van der Waals surface area contributed by atoms with E-state index in [-0.39, 0.29) is 35.6 Å². The van der Waals surface area contributed by atoms with E-state index in [1.807, 2.05) is 20.8 Å². The summed E-state index contributed by atoms with van der Waals surface area (Å²) >= 11 is 0. The van der Waals surface area contributed by atoms with Crippen molar-refractivity contribution in [2.45, 2.75) is 39.7 Å². The number of hydrogen-bond acceptors (Lipinski definition) is 3. The van der Waals surface area contributed by atoms with E-state index in [0.717, 1.165) is 12.8 Å². The zero-order valence-corrected chi connectivity index (χ0v) is 14.0. The smallest absolute Gasteiger partial charge is 0.241 e. The molecule has 22 heavy (non-hydrogen) atoms. The average molecular weight is 326 g/mol. The highest BCUT2D eigenvalue weighted by Crippen LogP contribution is 2.30. The Morgan fingerprint density at radius 3 is 2.23 bits per heavy atom. The predicted octanol–water partition coefficient (Wildman–Crippen LogP) is 2.77. The molecule has 0 saturated heterocycles. The zero-order chi connectivity index (χ0) is 15.6. The Bertz CT molecular complexity index is 551. The zero-order valence-electron chi connectivity index (χ0n) is 13.2. The number of carbonyl (C=O) groups excluding carboxylic acids is 2. The summed E-state index contributed by atoms with van der Waals surface area (Å²) in [6.45, 7) is 5.76. The number of benzene rings is 1. The number of nitrogens with two attached hydrogens (primary N) is 1. The topological polar surface area (TPSA) is 84.2 Å². The highest BCUT2D eigenvalue weighted by Gasteiger charge is 2.30. The van der Waals surface area contributed by atoms with Crippen molar-refractivity contribution in [3.63, 3.8) is 0 Å². The molecule has 2 rings (SSSR count). The van der Waals surface area contributed by atoms with E-state index in [1.165, 1.54) is 0 Å². The molecule has 1 fully saturated rings. The van der Waals surface area contributed by atoms with Gasteiger partial charge in [-0.25, -0.2) is 0 Å². The third-order valence-corrected chi connectivity index (χ3v) is 3.56. The summed E-state index contributed by atoms with van der Waals surface area (Å²) in [7, 11) is 0. The van der Waals surface area contributed by atoms with Gasteiger partial charge in [0.15, 0.2) is 0 Å². The van der Waals surface area contributed by atoms with E-state index >= 15 is 0 Å². The summed E-state index contributed by atoms with van der Waals surface area (Å²) in [5.74, 6) is -0.0319. The lowest BCUT2D eigenvalue weighted by Crippen LogP contribution is -2.45. The molecule has 0 unspecified atom stereocenters. The van der Waals surface area contributed by atoms with Crippen LogP contribution in [0.25, 0.3) is 0 Å². The molecule has 0 bridgehead atoms. The van der Waals surface area contributed by atoms with Crippen molar-refractivity contribution in [3.8, 4) is 0 Å². The van der Waals surface area contributed by atoms with Crippen molar-refractivity contribution in [3.05, 3.63) is 24.3 Å². The van der Waals surface area contributed by atoms with Gasteiger partial charge in [-0.15, -0.1) is 12.4 Å². The van der Waals surface area contributed by atoms with Crippen molar-refractivity contribution in [1.29, 1.82) is 0 Å². The third-order valence-electron chi connectivity index (χ3n) is 3.56. The molecular weight excluding hydrogens is 302 g/mol. The third kappa shape index (κ3) is 5.00. The fourth-order valence-electron chi connectivity index (χ4n) is 1.88. The summed E-state index contributed by atoms with van der Waals surface area (Å²) in [5.41, 5.74) is 6.95. The Morgan fingerprint density at radius 1 is 1.18 bits per heavy atom. The summed E-state index contributed by atoms with van der Waals surface area (Å²) in [5, 5.41) is 5.65. The molecular formula is C16H24ClN3O2. The van der Waals surface area contributed by atoms with Gasteiger partial charge in [0.25, 0.3) is 0 Å². The highest BCUT2D eigenvalue weighted by molar-refractivity contribution is 5.97. The second-order valence-electron chi connectivity index (χ2n) is 6.68. The van der Waals surface area contributed by atoms with Crippen LogP contribution in [-0.4, -0.2) is 17.9 Å². The monoisotopic (exact) mass is 325 g/mol. The minimum absolute atomic E-state index is 0. The summed E-state index contributed by atoms with van der Waals surface area (Å²) < 4.78 is 0. The van der Waals surface area contributed by atoms with E-state index in [1.54, 1.807) is 24.3 Å². The molecule has 0 radical (unpaired) electrons. The van der Waals surface area contributed by atoms with Crippen LogP contribution in [0.15, 0.2) is 24.3 Å². The van der Waals surface area contributed by atoms with E-state index in [2.05, 4.69) is 10.6 Å². The standard InChI is InChI=1S/C16H23N3O2.ClH/c1-16(2,3)13(17)15(21)19-12-6-4-5-11(9-12)18-14(20)10-7-8-10;/h4-6,9-10,13H,7-8,17H2,1-3H3,(H,18,20)(H,19,21);1H/t13-;/m1./s1. The van der Waals surface area contributed by atoms with Crippen LogP contribution in [0.3, 0.4) is 0 Å². The van der Waals surface area contributed by atoms with Gasteiger partial charge in [0, 0.05) is 17.3 Å². The number of carbonyl (C=O) groups is 2. The number of amides is 2. The molecule has 1 aromatic rings. The minimum Gasteiger partial charge on any atom is -0.326 e. The molecule has 1 aromatic carbocycles. The van der Waals surface area contributed by atoms with Gasteiger partial charge in [0.1, 0.15) is 0 Å². The molecule has 1 aliphatic carbocycles. The summed E-state index contributed by atoms with van der Waals surface area (Å²) in [6, 6.07) is 6.52. The van der Waals surface area contributed by atoms with E-state index in [0.29, 0.717) is 11.4 Å². The molecule has 1 aliphatic rings. The quantitative estimate of drug-likeness (QED) is 0.795. The summed E-state index contributed by atoms with van der Waals surface area (Å²) in [6.07, 6.45) is 1.92. The molecule has 4 N–H and O–H groups in total. The Hall–Kier alpha value is -1.59. The van der Waals surface area contributed by atoms with Gasteiger partial charge in [0.2, 0.25) is 11.8 Å². The number of nitrogens with one attached hydrogen (secondary N) is 2. The molecule has 0 spiro atoms. The number of hydrogen-bond donors (Lipinski definition) is 3. The van der Waals surface area contributed by atoms with Crippen molar-refractivity contribution < 1.29 is 9.59 Å².